The third-order valence-corrected chi connectivity index (χ3v) is 2.97. The summed E-state index contributed by atoms with van der Waals surface area (Å²) in [5, 5.41) is 21.2. The Morgan fingerprint density at radius 3 is 2.70 bits per heavy atom. The first kappa shape index (κ1) is 12.2. The van der Waals surface area contributed by atoms with Crippen molar-refractivity contribution >= 4 is 28.4 Å². The normalized spacial score (nSPS) is 10.9. The highest BCUT2D eigenvalue weighted by Crippen LogP contribution is 2.28. The number of aromatic carboxylic acids is 1. The van der Waals surface area contributed by atoms with Gasteiger partial charge >= 0.3 is 5.97 Å². The van der Waals surface area contributed by atoms with Crippen LogP contribution in [-0.4, -0.2) is 35.6 Å². The summed E-state index contributed by atoms with van der Waals surface area (Å²) in [6.07, 6.45) is 6.29. The van der Waals surface area contributed by atoms with Crippen LogP contribution in [-0.2, 0) is 14.1 Å². The van der Waals surface area contributed by atoms with E-state index in [1.807, 2.05) is 0 Å². The van der Waals surface area contributed by atoms with E-state index < -0.39 is 5.97 Å². The fourth-order valence-electron chi connectivity index (χ4n) is 2.02. The Balaban J connectivity index is 2.19. The molecule has 3 heterocycles. The molecule has 20 heavy (non-hydrogen) atoms. The first-order valence-corrected chi connectivity index (χ1v) is 5.86. The molecular weight excluding hydrogens is 260 g/mol. The fraction of sp³-hybridized carbons (Fsp3) is 0.167. The minimum atomic E-state index is -1.05. The van der Waals surface area contributed by atoms with Gasteiger partial charge in [0.1, 0.15) is 5.56 Å². The summed E-state index contributed by atoms with van der Waals surface area (Å²) < 4.78 is 3.22. The molecule has 0 amide bonds. The quantitative estimate of drug-likeness (QED) is 0.742. The molecule has 3 aromatic rings. The van der Waals surface area contributed by atoms with E-state index in [0.717, 1.165) is 0 Å². The van der Waals surface area contributed by atoms with E-state index in [4.69, 9.17) is 0 Å². The lowest BCUT2D eigenvalue weighted by Gasteiger charge is -2.08. The van der Waals surface area contributed by atoms with Gasteiger partial charge in [-0.05, 0) is 0 Å². The van der Waals surface area contributed by atoms with Gasteiger partial charge in [-0.2, -0.15) is 10.2 Å². The van der Waals surface area contributed by atoms with E-state index in [9.17, 15) is 9.90 Å². The van der Waals surface area contributed by atoms with Crippen LogP contribution < -0.4 is 5.32 Å². The monoisotopic (exact) mass is 272 g/mol. The van der Waals surface area contributed by atoms with E-state index >= 15 is 0 Å². The molecule has 3 rings (SSSR count). The zero-order valence-corrected chi connectivity index (χ0v) is 10.9. The van der Waals surface area contributed by atoms with Crippen LogP contribution in [0.2, 0.25) is 0 Å². The topological polar surface area (TPSA) is 97.9 Å². The summed E-state index contributed by atoms with van der Waals surface area (Å²) >= 11 is 0. The molecule has 0 radical (unpaired) electrons. The Bertz CT molecular complexity index is 803. The lowest BCUT2D eigenvalue weighted by atomic mass is 10.2. The van der Waals surface area contributed by atoms with E-state index in [-0.39, 0.29) is 5.56 Å². The Kier molecular flexibility index (Phi) is 2.63. The Hall–Kier alpha value is -2.90. The van der Waals surface area contributed by atoms with Crippen molar-refractivity contribution < 1.29 is 9.90 Å². The number of carboxylic acids is 1. The molecular formula is C12H12N6O2. The molecule has 0 fully saturated rings. The summed E-state index contributed by atoms with van der Waals surface area (Å²) in [7, 11) is 3.54. The van der Waals surface area contributed by atoms with Crippen molar-refractivity contribution in [3.63, 3.8) is 0 Å². The zero-order chi connectivity index (χ0) is 14.3. The van der Waals surface area contributed by atoms with Crippen molar-refractivity contribution in [1.29, 1.82) is 0 Å². The zero-order valence-electron chi connectivity index (χ0n) is 10.9. The van der Waals surface area contributed by atoms with Crippen molar-refractivity contribution in [2.75, 3.05) is 5.32 Å². The number of hydrogen-bond acceptors (Lipinski definition) is 5. The van der Waals surface area contributed by atoms with E-state index in [0.29, 0.717) is 22.4 Å². The molecule has 8 heteroatoms. The van der Waals surface area contributed by atoms with Gasteiger partial charge in [-0.3, -0.25) is 9.36 Å². The molecule has 0 bridgehead atoms. The number of nitrogens with zero attached hydrogens (tertiary/aromatic N) is 5. The number of carbonyl (C=O) groups is 1. The van der Waals surface area contributed by atoms with Crippen molar-refractivity contribution in [3.05, 3.63) is 30.4 Å². The lowest BCUT2D eigenvalue weighted by molar-refractivity contribution is 0.0697. The van der Waals surface area contributed by atoms with Crippen molar-refractivity contribution in [2.24, 2.45) is 14.1 Å². The number of pyridine rings is 1. The molecule has 0 aromatic carbocycles. The van der Waals surface area contributed by atoms with Crippen LogP contribution in [0.15, 0.2) is 24.8 Å². The summed E-state index contributed by atoms with van der Waals surface area (Å²) in [5.74, 6) is -1.05. The maximum absolute atomic E-state index is 11.3. The predicted octanol–water partition coefficient (Wildman–Crippen LogP) is 1.14. The van der Waals surface area contributed by atoms with E-state index in [1.165, 1.54) is 6.20 Å². The van der Waals surface area contributed by atoms with Crippen LogP contribution in [0.4, 0.5) is 11.4 Å². The van der Waals surface area contributed by atoms with Gasteiger partial charge in [0.05, 0.1) is 29.2 Å². The van der Waals surface area contributed by atoms with Crippen LogP contribution in [0.1, 0.15) is 10.4 Å². The second-order valence-electron chi connectivity index (χ2n) is 4.39. The van der Waals surface area contributed by atoms with E-state index in [1.54, 1.807) is 42.0 Å². The number of rotatable bonds is 3. The van der Waals surface area contributed by atoms with Crippen LogP contribution in [0.25, 0.3) is 11.0 Å². The summed E-state index contributed by atoms with van der Waals surface area (Å²) in [4.78, 5) is 15.5. The van der Waals surface area contributed by atoms with Gasteiger partial charge in [-0.25, -0.2) is 9.78 Å². The Labute approximate surface area is 113 Å². The number of nitrogens with one attached hydrogen (secondary N) is 1. The molecule has 0 aliphatic rings. The highest BCUT2D eigenvalue weighted by molar-refractivity contribution is 6.04. The largest absolute Gasteiger partial charge is 0.478 e. The van der Waals surface area contributed by atoms with Crippen LogP contribution >= 0.6 is 0 Å². The minimum absolute atomic E-state index is 0.0920. The van der Waals surface area contributed by atoms with Crippen molar-refractivity contribution in [3.8, 4) is 0 Å². The van der Waals surface area contributed by atoms with Gasteiger partial charge in [0, 0.05) is 26.5 Å². The highest BCUT2D eigenvalue weighted by Gasteiger charge is 2.17. The first-order valence-electron chi connectivity index (χ1n) is 5.86. The van der Waals surface area contributed by atoms with Crippen molar-refractivity contribution in [2.45, 2.75) is 0 Å². The van der Waals surface area contributed by atoms with Gasteiger partial charge in [-0.15, -0.1) is 0 Å². The number of aryl methyl sites for hydroxylation is 2. The summed E-state index contributed by atoms with van der Waals surface area (Å²) in [5.41, 5.74) is 1.87. The number of hydrogen-bond donors (Lipinski definition) is 2. The average molecular weight is 272 g/mol. The highest BCUT2D eigenvalue weighted by atomic mass is 16.4. The molecule has 102 valence electrons. The lowest BCUT2D eigenvalue weighted by Crippen LogP contribution is -2.04. The SMILES string of the molecule is Cn1cc(Nc2c(C(=O)O)cnc3c2cnn3C)cn1. The molecule has 3 aromatic heterocycles. The van der Waals surface area contributed by atoms with Gasteiger partial charge in [0.15, 0.2) is 5.65 Å². The third kappa shape index (κ3) is 1.87. The summed E-state index contributed by atoms with van der Waals surface area (Å²) in [6.45, 7) is 0. The molecule has 0 saturated heterocycles. The third-order valence-electron chi connectivity index (χ3n) is 2.97. The maximum Gasteiger partial charge on any atom is 0.339 e. The Morgan fingerprint density at radius 1 is 1.25 bits per heavy atom. The molecule has 0 aliphatic heterocycles. The molecule has 2 N–H and O–H groups in total. The van der Waals surface area contributed by atoms with Crippen LogP contribution in [0, 0.1) is 0 Å². The van der Waals surface area contributed by atoms with Crippen LogP contribution in [0.3, 0.4) is 0 Å². The number of carboxylic acid groups (broad SMARTS) is 1. The van der Waals surface area contributed by atoms with Gasteiger partial charge < -0.3 is 10.4 Å². The van der Waals surface area contributed by atoms with Crippen LogP contribution in [0.5, 0.6) is 0 Å². The number of aromatic nitrogens is 5. The van der Waals surface area contributed by atoms with Gasteiger partial charge in [-0.1, -0.05) is 0 Å². The molecule has 0 aliphatic carbocycles. The first-order chi connectivity index (χ1) is 9.56. The van der Waals surface area contributed by atoms with Crippen molar-refractivity contribution in [1.82, 2.24) is 24.5 Å². The predicted molar refractivity (Wildman–Crippen MR) is 72.0 cm³/mol. The minimum Gasteiger partial charge on any atom is -0.478 e. The standard InChI is InChI=1S/C12H12N6O2/c1-17-6-7(3-14-17)16-10-8-5-15-18(2)11(8)13-4-9(10)12(19)20/h3-6H,1-2H3,(H,13,16)(H,19,20). The molecule has 8 nitrogen and oxygen atoms in total. The van der Waals surface area contributed by atoms with Gasteiger partial charge in [0.2, 0.25) is 0 Å². The summed E-state index contributed by atoms with van der Waals surface area (Å²) in [6, 6.07) is 0. The number of anilines is 2. The fourth-order valence-corrected chi connectivity index (χ4v) is 2.02. The second-order valence-corrected chi connectivity index (χ2v) is 4.39. The smallest absolute Gasteiger partial charge is 0.339 e. The molecule has 0 saturated carbocycles. The van der Waals surface area contributed by atoms with E-state index in [2.05, 4.69) is 20.5 Å². The number of fused-ring (bicyclic) bond motifs is 1. The Morgan fingerprint density at radius 2 is 2.05 bits per heavy atom. The average Bonchev–Trinajstić information content (AvgIpc) is 2.97. The molecule has 0 atom stereocenters. The van der Waals surface area contributed by atoms with Gasteiger partial charge in [0.25, 0.3) is 0 Å². The maximum atomic E-state index is 11.3. The second kappa shape index (κ2) is 4.34. The molecule has 0 spiro atoms. The molecule has 0 unspecified atom stereocenters.